The van der Waals surface area contributed by atoms with Gasteiger partial charge in [0.25, 0.3) is 5.91 Å². The molecule has 6 nitrogen and oxygen atoms in total. The smallest absolute Gasteiger partial charge is 0.258 e. The highest BCUT2D eigenvalue weighted by Gasteiger charge is 2.29. The molecule has 4 N–H and O–H groups in total. The van der Waals surface area contributed by atoms with Gasteiger partial charge in [-0.1, -0.05) is 6.07 Å². The summed E-state index contributed by atoms with van der Waals surface area (Å²) in [5.74, 6) is 0.439. The van der Waals surface area contributed by atoms with Gasteiger partial charge in [-0.3, -0.25) is 9.59 Å². The van der Waals surface area contributed by atoms with Gasteiger partial charge in [-0.15, -0.1) is 0 Å². The number of nitrogens with two attached hydrogens (primary N) is 1. The van der Waals surface area contributed by atoms with E-state index >= 15 is 0 Å². The molecule has 22 heavy (non-hydrogen) atoms. The first-order chi connectivity index (χ1) is 10.7. The highest BCUT2D eigenvalue weighted by atomic mass is 16.3. The van der Waals surface area contributed by atoms with E-state index in [0.717, 1.165) is 12.8 Å². The number of rotatable bonds is 5. The maximum atomic E-state index is 12.1. The van der Waals surface area contributed by atoms with Crippen LogP contribution in [0.5, 0.6) is 0 Å². The summed E-state index contributed by atoms with van der Waals surface area (Å²) >= 11 is 0. The molecule has 2 aromatic rings. The van der Waals surface area contributed by atoms with Crippen LogP contribution in [0.2, 0.25) is 0 Å². The Balaban J connectivity index is 1.66. The summed E-state index contributed by atoms with van der Waals surface area (Å²) in [5, 5.41) is 5.61. The van der Waals surface area contributed by atoms with Crippen LogP contribution < -0.4 is 16.4 Å². The lowest BCUT2D eigenvalue weighted by Gasteiger charge is -2.08. The van der Waals surface area contributed by atoms with Crippen molar-refractivity contribution in [1.29, 1.82) is 0 Å². The summed E-state index contributed by atoms with van der Waals surface area (Å²) < 4.78 is 5.14. The minimum atomic E-state index is -0.283. The molecule has 1 aromatic carbocycles. The third-order valence-electron chi connectivity index (χ3n) is 3.45. The van der Waals surface area contributed by atoms with Crippen molar-refractivity contribution in [2.45, 2.75) is 19.4 Å². The van der Waals surface area contributed by atoms with E-state index < -0.39 is 0 Å². The lowest BCUT2D eigenvalue weighted by Crippen LogP contribution is -2.14. The standard InChI is InChI=1S/C16H17N3O3/c17-8-14-6-11(9-22-14)16(21)19-13-3-1-2-12(7-13)18-15(20)10-4-5-10/h1-3,6-7,9-10H,4-5,8,17H2,(H,18,20)(H,19,21). The number of nitrogens with one attached hydrogen (secondary N) is 2. The van der Waals surface area contributed by atoms with Gasteiger partial charge in [0.2, 0.25) is 5.91 Å². The molecule has 0 bridgehead atoms. The van der Waals surface area contributed by atoms with Gasteiger partial charge in [-0.25, -0.2) is 0 Å². The monoisotopic (exact) mass is 299 g/mol. The van der Waals surface area contributed by atoms with Crippen LogP contribution in [0.3, 0.4) is 0 Å². The van der Waals surface area contributed by atoms with E-state index in [-0.39, 0.29) is 24.3 Å². The molecule has 114 valence electrons. The average Bonchev–Trinajstić information content (AvgIpc) is 3.25. The number of amides is 2. The van der Waals surface area contributed by atoms with Crippen LogP contribution in [0.15, 0.2) is 41.0 Å². The molecule has 0 aliphatic heterocycles. The molecule has 0 unspecified atom stereocenters. The zero-order valence-electron chi connectivity index (χ0n) is 12.0. The second kappa shape index (κ2) is 6.03. The molecule has 0 atom stereocenters. The van der Waals surface area contributed by atoms with Crippen LogP contribution in [0.25, 0.3) is 0 Å². The van der Waals surface area contributed by atoms with E-state index in [1.807, 2.05) is 0 Å². The van der Waals surface area contributed by atoms with E-state index in [0.29, 0.717) is 22.7 Å². The minimum Gasteiger partial charge on any atom is -0.467 e. The van der Waals surface area contributed by atoms with Gasteiger partial charge in [0.15, 0.2) is 0 Å². The van der Waals surface area contributed by atoms with Crippen molar-refractivity contribution in [2.24, 2.45) is 11.7 Å². The van der Waals surface area contributed by atoms with Gasteiger partial charge in [0, 0.05) is 17.3 Å². The molecule has 1 aromatic heterocycles. The van der Waals surface area contributed by atoms with Crippen LogP contribution in [0, 0.1) is 5.92 Å². The van der Waals surface area contributed by atoms with Gasteiger partial charge < -0.3 is 20.8 Å². The number of anilines is 2. The molecule has 1 heterocycles. The van der Waals surface area contributed by atoms with Crippen LogP contribution in [0.1, 0.15) is 29.0 Å². The summed E-state index contributed by atoms with van der Waals surface area (Å²) in [6.45, 7) is 0.246. The van der Waals surface area contributed by atoms with Gasteiger partial charge in [-0.05, 0) is 37.1 Å². The summed E-state index contributed by atoms with van der Waals surface area (Å²) in [6.07, 6.45) is 3.27. The first-order valence-corrected chi connectivity index (χ1v) is 7.15. The molecule has 0 saturated heterocycles. The third-order valence-corrected chi connectivity index (χ3v) is 3.45. The number of hydrogen-bond donors (Lipinski definition) is 3. The lowest BCUT2D eigenvalue weighted by atomic mass is 10.2. The van der Waals surface area contributed by atoms with E-state index in [9.17, 15) is 9.59 Å². The first kappa shape index (κ1) is 14.3. The lowest BCUT2D eigenvalue weighted by molar-refractivity contribution is -0.117. The van der Waals surface area contributed by atoms with E-state index in [4.69, 9.17) is 10.2 Å². The number of benzene rings is 1. The molecule has 0 radical (unpaired) electrons. The number of hydrogen-bond acceptors (Lipinski definition) is 4. The zero-order valence-corrected chi connectivity index (χ0v) is 12.0. The van der Waals surface area contributed by atoms with Crippen molar-refractivity contribution >= 4 is 23.2 Å². The minimum absolute atomic E-state index is 0.0332. The first-order valence-electron chi connectivity index (χ1n) is 7.15. The molecule has 2 amide bonds. The Morgan fingerprint density at radius 1 is 1.18 bits per heavy atom. The summed E-state index contributed by atoms with van der Waals surface area (Å²) in [7, 11) is 0. The zero-order chi connectivity index (χ0) is 15.5. The quantitative estimate of drug-likeness (QED) is 0.789. The summed E-state index contributed by atoms with van der Waals surface area (Å²) in [4.78, 5) is 23.8. The van der Waals surface area contributed by atoms with Crippen LogP contribution in [-0.4, -0.2) is 11.8 Å². The fourth-order valence-electron chi connectivity index (χ4n) is 2.07. The van der Waals surface area contributed by atoms with Crippen molar-refractivity contribution in [1.82, 2.24) is 0 Å². The normalized spacial score (nSPS) is 13.7. The summed E-state index contributed by atoms with van der Waals surface area (Å²) in [5.41, 5.74) is 7.13. The predicted octanol–water partition coefficient (Wildman–Crippen LogP) is 2.34. The second-order valence-corrected chi connectivity index (χ2v) is 5.30. The van der Waals surface area contributed by atoms with Gasteiger partial charge in [0.05, 0.1) is 12.1 Å². The van der Waals surface area contributed by atoms with E-state index in [2.05, 4.69) is 10.6 Å². The van der Waals surface area contributed by atoms with Crippen molar-refractivity contribution in [3.8, 4) is 0 Å². The molecule has 3 rings (SSSR count). The Kier molecular flexibility index (Phi) is 3.93. The predicted molar refractivity (Wildman–Crippen MR) is 82.3 cm³/mol. The highest BCUT2D eigenvalue weighted by Crippen LogP contribution is 2.30. The third kappa shape index (κ3) is 3.35. The Bertz CT molecular complexity index is 704. The van der Waals surface area contributed by atoms with Crippen molar-refractivity contribution in [3.63, 3.8) is 0 Å². The van der Waals surface area contributed by atoms with Gasteiger partial charge in [-0.2, -0.15) is 0 Å². The molecule has 1 fully saturated rings. The Hall–Kier alpha value is -2.60. The van der Waals surface area contributed by atoms with Crippen LogP contribution >= 0.6 is 0 Å². The maximum absolute atomic E-state index is 12.1. The van der Waals surface area contributed by atoms with Crippen LogP contribution in [-0.2, 0) is 11.3 Å². The van der Waals surface area contributed by atoms with Crippen molar-refractivity contribution in [3.05, 3.63) is 47.9 Å². The van der Waals surface area contributed by atoms with Gasteiger partial charge >= 0.3 is 0 Å². The summed E-state index contributed by atoms with van der Waals surface area (Å²) in [6, 6.07) is 8.66. The van der Waals surface area contributed by atoms with E-state index in [1.54, 1.807) is 30.3 Å². The van der Waals surface area contributed by atoms with E-state index in [1.165, 1.54) is 6.26 Å². The highest BCUT2D eigenvalue weighted by molar-refractivity contribution is 6.04. The molecular weight excluding hydrogens is 282 g/mol. The molecule has 6 heteroatoms. The van der Waals surface area contributed by atoms with Crippen LogP contribution in [0.4, 0.5) is 11.4 Å². The molecule has 1 aliphatic rings. The Labute approximate surface area is 127 Å². The largest absolute Gasteiger partial charge is 0.467 e. The number of furan rings is 1. The topological polar surface area (TPSA) is 97.4 Å². The van der Waals surface area contributed by atoms with Crippen molar-refractivity contribution < 1.29 is 14.0 Å². The van der Waals surface area contributed by atoms with Crippen molar-refractivity contribution in [2.75, 3.05) is 10.6 Å². The van der Waals surface area contributed by atoms with Gasteiger partial charge in [0.1, 0.15) is 12.0 Å². The molecule has 1 saturated carbocycles. The number of carbonyl (C=O) groups excluding carboxylic acids is 2. The Morgan fingerprint density at radius 3 is 2.55 bits per heavy atom. The molecule has 0 spiro atoms. The maximum Gasteiger partial charge on any atom is 0.258 e. The fraction of sp³-hybridized carbons (Fsp3) is 0.250. The number of carbonyl (C=O) groups is 2. The fourth-order valence-corrected chi connectivity index (χ4v) is 2.07. The average molecular weight is 299 g/mol. The SMILES string of the molecule is NCc1cc(C(=O)Nc2cccc(NC(=O)C3CC3)c2)co1. The second-order valence-electron chi connectivity index (χ2n) is 5.30. The molecular formula is C16H17N3O3. The molecule has 1 aliphatic carbocycles. The Morgan fingerprint density at radius 2 is 1.91 bits per heavy atom.